The first-order valence-electron chi connectivity index (χ1n) is 10.3. The maximum Gasteiger partial charge on any atom is 0.224 e. The van der Waals surface area contributed by atoms with Gasteiger partial charge in [0, 0.05) is 48.4 Å². The Hall–Kier alpha value is -3.68. The van der Waals surface area contributed by atoms with Crippen LogP contribution >= 0.6 is 0 Å². The molecule has 0 atom stereocenters. The number of anilines is 4. The lowest BCUT2D eigenvalue weighted by molar-refractivity contribution is -0.118. The zero-order valence-electron chi connectivity index (χ0n) is 17.8. The summed E-state index contributed by atoms with van der Waals surface area (Å²) >= 11 is 0. The summed E-state index contributed by atoms with van der Waals surface area (Å²) in [4.78, 5) is 46.9. The average Bonchev–Trinajstić information content (AvgIpc) is 2.76. The van der Waals surface area contributed by atoms with Gasteiger partial charge in [0.2, 0.25) is 23.6 Å². The lowest BCUT2D eigenvalue weighted by Crippen LogP contribution is -2.15. The van der Waals surface area contributed by atoms with E-state index in [1.165, 1.54) is 0 Å². The first kappa shape index (κ1) is 23.6. The molecule has 0 aromatic heterocycles. The zero-order valence-corrected chi connectivity index (χ0v) is 17.8. The summed E-state index contributed by atoms with van der Waals surface area (Å²) in [5.41, 5.74) is 2.59. The predicted molar refractivity (Wildman–Crippen MR) is 122 cm³/mol. The Kier molecular flexibility index (Phi) is 9.22. The van der Waals surface area contributed by atoms with E-state index in [0.717, 1.165) is 0 Å². The van der Waals surface area contributed by atoms with Gasteiger partial charge in [0.15, 0.2) is 0 Å². The molecule has 0 bridgehead atoms. The third kappa shape index (κ3) is 8.69. The molecular weight excluding hydrogens is 396 g/mol. The van der Waals surface area contributed by atoms with Gasteiger partial charge in [0.25, 0.3) is 0 Å². The van der Waals surface area contributed by atoms with Gasteiger partial charge in [-0.15, -0.1) is 0 Å². The van der Waals surface area contributed by atoms with Crippen LogP contribution < -0.4 is 21.3 Å². The molecule has 0 unspecified atom stereocenters. The minimum atomic E-state index is -0.186. The Labute approximate surface area is 181 Å². The van der Waals surface area contributed by atoms with Crippen molar-refractivity contribution in [2.24, 2.45) is 0 Å². The summed E-state index contributed by atoms with van der Waals surface area (Å²) in [6.07, 6.45) is 1.63. The van der Waals surface area contributed by atoms with E-state index in [4.69, 9.17) is 0 Å². The predicted octanol–water partition coefficient (Wildman–Crippen LogP) is 4.13. The second-order valence-corrected chi connectivity index (χ2v) is 6.91. The molecule has 2 aromatic carbocycles. The van der Waals surface area contributed by atoms with Gasteiger partial charge in [-0.3, -0.25) is 19.2 Å². The second kappa shape index (κ2) is 12.1. The van der Waals surface area contributed by atoms with Crippen LogP contribution in [0.4, 0.5) is 22.7 Å². The largest absolute Gasteiger partial charge is 0.326 e. The van der Waals surface area contributed by atoms with Gasteiger partial charge < -0.3 is 21.3 Å². The van der Waals surface area contributed by atoms with E-state index in [9.17, 15) is 19.2 Å². The molecule has 0 radical (unpaired) electrons. The van der Waals surface area contributed by atoms with Crippen LogP contribution in [0.15, 0.2) is 48.5 Å². The van der Waals surface area contributed by atoms with Gasteiger partial charge in [0.05, 0.1) is 0 Å². The van der Waals surface area contributed by atoms with E-state index in [1.807, 2.05) is 0 Å². The average molecular weight is 425 g/mol. The van der Waals surface area contributed by atoms with Gasteiger partial charge in [-0.1, -0.05) is 13.8 Å². The number of carbonyl (C=O) groups excluding carboxylic acids is 4. The highest BCUT2D eigenvalue weighted by Crippen LogP contribution is 2.16. The quantitative estimate of drug-likeness (QED) is 0.459. The fourth-order valence-electron chi connectivity index (χ4n) is 2.63. The van der Waals surface area contributed by atoms with E-state index < -0.39 is 0 Å². The SMILES string of the molecule is CCC(=O)Nc1ccc(NC(=O)CCCC(=O)Nc2ccc(NC(=O)CC)cc2)cc1. The van der Waals surface area contributed by atoms with Crippen molar-refractivity contribution < 1.29 is 19.2 Å². The summed E-state index contributed by atoms with van der Waals surface area (Å²) < 4.78 is 0. The first-order valence-corrected chi connectivity index (χ1v) is 10.3. The smallest absolute Gasteiger partial charge is 0.224 e. The molecule has 8 heteroatoms. The molecule has 0 saturated heterocycles. The third-order valence-corrected chi connectivity index (χ3v) is 4.35. The van der Waals surface area contributed by atoms with Crippen molar-refractivity contribution in [3.63, 3.8) is 0 Å². The molecule has 2 rings (SSSR count). The fourth-order valence-corrected chi connectivity index (χ4v) is 2.63. The highest BCUT2D eigenvalue weighted by Gasteiger charge is 2.07. The van der Waals surface area contributed by atoms with Crippen molar-refractivity contribution in [1.82, 2.24) is 0 Å². The van der Waals surface area contributed by atoms with E-state index in [2.05, 4.69) is 21.3 Å². The Bertz CT molecular complexity index is 833. The highest BCUT2D eigenvalue weighted by atomic mass is 16.2. The van der Waals surface area contributed by atoms with Gasteiger partial charge >= 0.3 is 0 Å². The Morgan fingerprint density at radius 3 is 1.03 bits per heavy atom. The van der Waals surface area contributed by atoms with Crippen molar-refractivity contribution in [3.05, 3.63) is 48.5 Å². The van der Waals surface area contributed by atoms with E-state index >= 15 is 0 Å². The van der Waals surface area contributed by atoms with Crippen molar-refractivity contribution in [2.75, 3.05) is 21.3 Å². The van der Waals surface area contributed by atoms with Crippen molar-refractivity contribution in [1.29, 1.82) is 0 Å². The standard InChI is InChI=1S/C23H28N4O4/c1-3-20(28)24-16-8-12-18(13-9-16)26-22(30)6-5-7-23(31)27-19-14-10-17(11-15-19)25-21(29)4-2/h8-15H,3-7H2,1-2H3,(H,24,28)(H,25,29)(H,26,30)(H,27,31). The van der Waals surface area contributed by atoms with Crippen LogP contribution in [-0.4, -0.2) is 23.6 Å². The normalized spacial score (nSPS) is 10.1. The topological polar surface area (TPSA) is 116 Å². The molecule has 2 aromatic rings. The fraction of sp³-hybridized carbons (Fsp3) is 0.304. The Morgan fingerprint density at radius 1 is 0.516 bits per heavy atom. The second-order valence-electron chi connectivity index (χ2n) is 6.91. The van der Waals surface area contributed by atoms with Crippen LogP contribution in [-0.2, 0) is 19.2 Å². The molecule has 164 valence electrons. The van der Waals surface area contributed by atoms with Crippen molar-refractivity contribution >= 4 is 46.4 Å². The summed E-state index contributed by atoms with van der Waals surface area (Å²) in [7, 11) is 0. The van der Waals surface area contributed by atoms with Crippen molar-refractivity contribution in [3.8, 4) is 0 Å². The molecule has 0 aliphatic carbocycles. The maximum absolute atomic E-state index is 12.1. The lowest BCUT2D eigenvalue weighted by atomic mass is 10.2. The molecule has 0 aliphatic rings. The molecule has 0 fully saturated rings. The minimum Gasteiger partial charge on any atom is -0.326 e. The third-order valence-electron chi connectivity index (χ3n) is 4.35. The summed E-state index contributed by atoms with van der Waals surface area (Å²) in [5, 5.41) is 11.0. The van der Waals surface area contributed by atoms with Crippen molar-refractivity contribution in [2.45, 2.75) is 46.0 Å². The molecule has 0 heterocycles. The number of benzene rings is 2. The van der Waals surface area contributed by atoms with Gasteiger partial charge in [-0.2, -0.15) is 0 Å². The molecule has 0 saturated carbocycles. The number of carbonyl (C=O) groups is 4. The minimum absolute atomic E-state index is 0.0748. The lowest BCUT2D eigenvalue weighted by Gasteiger charge is -2.08. The van der Waals surface area contributed by atoms with Gasteiger partial charge in [-0.05, 0) is 55.0 Å². The number of nitrogens with one attached hydrogen (secondary N) is 4. The first-order chi connectivity index (χ1) is 14.9. The summed E-state index contributed by atoms with van der Waals surface area (Å²) in [5.74, 6) is -0.521. The highest BCUT2D eigenvalue weighted by molar-refractivity contribution is 5.94. The van der Waals surface area contributed by atoms with E-state index in [1.54, 1.807) is 62.4 Å². The van der Waals surface area contributed by atoms with Crippen LogP contribution in [0, 0.1) is 0 Å². The van der Waals surface area contributed by atoms with Gasteiger partial charge in [-0.25, -0.2) is 0 Å². The molecule has 31 heavy (non-hydrogen) atoms. The Morgan fingerprint density at radius 2 is 0.774 bits per heavy atom. The number of hydrogen-bond acceptors (Lipinski definition) is 4. The van der Waals surface area contributed by atoms with Crippen LogP contribution in [0.3, 0.4) is 0 Å². The summed E-state index contributed by atoms with van der Waals surface area (Å²) in [6, 6.07) is 13.7. The van der Waals surface area contributed by atoms with Gasteiger partial charge in [0.1, 0.15) is 0 Å². The molecule has 4 amide bonds. The Balaban J connectivity index is 1.70. The molecule has 0 spiro atoms. The molecule has 4 N–H and O–H groups in total. The van der Waals surface area contributed by atoms with Crippen LogP contribution in [0.2, 0.25) is 0 Å². The van der Waals surface area contributed by atoms with Crippen LogP contribution in [0.5, 0.6) is 0 Å². The summed E-state index contributed by atoms with van der Waals surface area (Å²) in [6.45, 7) is 3.55. The molecular formula is C23H28N4O4. The maximum atomic E-state index is 12.1. The van der Waals surface area contributed by atoms with E-state index in [-0.39, 0.29) is 36.5 Å². The number of amides is 4. The van der Waals surface area contributed by atoms with Crippen LogP contribution in [0.25, 0.3) is 0 Å². The number of hydrogen-bond donors (Lipinski definition) is 4. The van der Waals surface area contributed by atoms with E-state index in [0.29, 0.717) is 42.0 Å². The molecule has 0 aliphatic heterocycles. The van der Waals surface area contributed by atoms with Crippen LogP contribution in [0.1, 0.15) is 46.0 Å². The monoisotopic (exact) mass is 424 g/mol. The molecule has 8 nitrogen and oxygen atoms in total. The number of rotatable bonds is 10. The zero-order chi connectivity index (χ0) is 22.6.